The molecule has 26 heavy (non-hydrogen) atoms. The van der Waals surface area contributed by atoms with Crippen LogP contribution >= 0.6 is 0 Å². The molecule has 4 aliphatic rings. The lowest BCUT2D eigenvalue weighted by Crippen LogP contribution is -2.39. The van der Waals surface area contributed by atoms with Gasteiger partial charge in [-0.2, -0.15) is 0 Å². The zero-order valence-electron chi connectivity index (χ0n) is 16.1. The number of allylic oxidation sites excluding steroid dienone is 2. The van der Waals surface area contributed by atoms with Gasteiger partial charge in [0.05, 0.1) is 7.11 Å². The van der Waals surface area contributed by atoms with Crippen molar-refractivity contribution in [2.45, 2.75) is 63.5 Å². The lowest BCUT2D eigenvalue weighted by Gasteiger charge is -2.49. The van der Waals surface area contributed by atoms with Crippen molar-refractivity contribution in [3.63, 3.8) is 0 Å². The van der Waals surface area contributed by atoms with Gasteiger partial charge >= 0.3 is 0 Å². The van der Waals surface area contributed by atoms with Gasteiger partial charge in [0.15, 0.2) is 0 Å². The molecule has 0 spiro atoms. The van der Waals surface area contributed by atoms with Crippen molar-refractivity contribution < 1.29 is 4.74 Å². The van der Waals surface area contributed by atoms with Crippen LogP contribution in [-0.2, 0) is 6.42 Å². The average molecular weight is 350 g/mol. The molecule has 0 aromatic heterocycles. The highest BCUT2D eigenvalue weighted by molar-refractivity contribution is 5.40. The third-order valence-electron chi connectivity index (χ3n) is 7.88. The molecular formula is C24H31NO. The molecule has 2 heteroatoms. The molecular weight excluding hydrogens is 318 g/mol. The molecule has 0 heterocycles. The van der Waals surface area contributed by atoms with Crippen LogP contribution in [0.15, 0.2) is 42.5 Å². The average Bonchev–Trinajstić information content (AvgIpc) is 3.27. The van der Waals surface area contributed by atoms with Crippen LogP contribution in [0.4, 0.5) is 0 Å². The van der Waals surface area contributed by atoms with Crippen LogP contribution in [0.2, 0.25) is 0 Å². The van der Waals surface area contributed by atoms with E-state index in [1.807, 2.05) is 0 Å². The summed E-state index contributed by atoms with van der Waals surface area (Å²) in [6.45, 7) is 2.58. The number of hydrogen-bond acceptors (Lipinski definition) is 2. The van der Waals surface area contributed by atoms with Crippen LogP contribution in [0.25, 0.3) is 0 Å². The van der Waals surface area contributed by atoms with E-state index in [0.29, 0.717) is 17.5 Å². The summed E-state index contributed by atoms with van der Waals surface area (Å²) in [6, 6.07) is 7.97. The summed E-state index contributed by atoms with van der Waals surface area (Å²) in [5.41, 5.74) is 3.71. The number of rotatable bonds is 3. The predicted octanol–water partition coefficient (Wildman–Crippen LogP) is 5.00. The number of fused-ring (bicyclic) bond motifs is 5. The summed E-state index contributed by atoms with van der Waals surface area (Å²) >= 11 is 0. The van der Waals surface area contributed by atoms with Crippen molar-refractivity contribution in [1.82, 2.24) is 5.32 Å². The molecule has 2 fully saturated rings. The third-order valence-corrected chi connectivity index (χ3v) is 7.88. The van der Waals surface area contributed by atoms with E-state index in [1.54, 1.807) is 18.2 Å². The number of nitrogens with one attached hydrogen (secondary N) is 1. The van der Waals surface area contributed by atoms with Gasteiger partial charge in [0.2, 0.25) is 0 Å². The molecule has 5 atom stereocenters. The Kier molecular flexibility index (Phi) is 4.01. The molecule has 1 N–H and O–H groups in total. The van der Waals surface area contributed by atoms with E-state index in [2.05, 4.69) is 54.7 Å². The smallest absolute Gasteiger partial charge is 0.119 e. The molecule has 1 aromatic rings. The minimum absolute atomic E-state index is 0.457. The molecule has 0 amide bonds. The molecule has 138 valence electrons. The van der Waals surface area contributed by atoms with Gasteiger partial charge in [-0.05, 0) is 85.0 Å². The normalized spacial score (nSPS) is 38.1. The number of aryl methyl sites for hydroxylation is 1. The zero-order chi connectivity index (χ0) is 17.7. The molecule has 3 unspecified atom stereocenters. The first-order valence-electron chi connectivity index (χ1n) is 10.4. The summed E-state index contributed by atoms with van der Waals surface area (Å²) < 4.78 is 5.46. The quantitative estimate of drug-likeness (QED) is 0.829. The third kappa shape index (κ3) is 2.65. The first-order chi connectivity index (χ1) is 12.7. The van der Waals surface area contributed by atoms with Crippen LogP contribution < -0.4 is 10.1 Å². The van der Waals surface area contributed by atoms with Crippen LogP contribution in [-0.4, -0.2) is 19.2 Å². The Morgan fingerprint density at radius 2 is 2.00 bits per heavy atom. The summed E-state index contributed by atoms with van der Waals surface area (Å²) in [6.07, 6.45) is 17.0. The number of hydrogen-bond donors (Lipinski definition) is 1. The molecule has 0 aliphatic heterocycles. The Labute approximate surface area is 157 Å². The SMILES string of the molecule is COc1ccc2c(c1)CCC1C2CC[C@]2(C)C[C@H](NC3C=CC=C3)CC12. The minimum Gasteiger partial charge on any atom is -0.497 e. The number of benzene rings is 1. The van der Waals surface area contributed by atoms with Crippen LogP contribution in [0.5, 0.6) is 5.75 Å². The van der Waals surface area contributed by atoms with Gasteiger partial charge in [-0.1, -0.05) is 37.3 Å². The van der Waals surface area contributed by atoms with Gasteiger partial charge < -0.3 is 10.1 Å². The zero-order valence-corrected chi connectivity index (χ0v) is 16.1. The predicted molar refractivity (Wildman–Crippen MR) is 107 cm³/mol. The Bertz CT molecular complexity index is 739. The van der Waals surface area contributed by atoms with Crippen molar-refractivity contribution in [2.75, 3.05) is 7.11 Å². The number of methoxy groups -OCH3 is 1. The molecule has 0 saturated heterocycles. The maximum atomic E-state index is 5.46. The second kappa shape index (κ2) is 6.27. The van der Waals surface area contributed by atoms with E-state index < -0.39 is 0 Å². The van der Waals surface area contributed by atoms with Crippen LogP contribution in [0.1, 0.15) is 56.1 Å². The van der Waals surface area contributed by atoms with Crippen molar-refractivity contribution in [2.24, 2.45) is 17.3 Å². The fraction of sp³-hybridized carbons (Fsp3) is 0.583. The summed E-state index contributed by atoms with van der Waals surface area (Å²) in [5.74, 6) is 3.54. The Morgan fingerprint density at radius 3 is 2.81 bits per heavy atom. The van der Waals surface area contributed by atoms with E-state index in [0.717, 1.165) is 23.5 Å². The highest BCUT2D eigenvalue weighted by atomic mass is 16.5. The van der Waals surface area contributed by atoms with Crippen molar-refractivity contribution in [3.8, 4) is 5.75 Å². The molecule has 5 rings (SSSR count). The fourth-order valence-electron chi connectivity index (χ4n) is 6.69. The molecule has 2 nitrogen and oxygen atoms in total. The first-order valence-corrected chi connectivity index (χ1v) is 10.4. The minimum atomic E-state index is 0.457. The maximum absolute atomic E-state index is 5.46. The van der Waals surface area contributed by atoms with Gasteiger partial charge in [-0.25, -0.2) is 0 Å². The van der Waals surface area contributed by atoms with E-state index in [4.69, 9.17) is 4.74 Å². The van der Waals surface area contributed by atoms with E-state index in [1.165, 1.54) is 38.5 Å². The monoisotopic (exact) mass is 349 g/mol. The second-order valence-corrected chi connectivity index (χ2v) is 9.27. The van der Waals surface area contributed by atoms with E-state index >= 15 is 0 Å². The van der Waals surface area contributed by atoms with Crippen LogP contribution in [0, 0.1) is 17.3 Å². The van der Waals surface area contributed by atoms with Crippen molar-refractivity contribution >= 4 is 0 Å². The number of ether oxygens (including phenoxy) is 1. The molecule has 2 saturated carbocycles. The molecule has 4 aliphatic carbocycles. The van der Waals surface area contributed by atoms with Gasteiger partial charge in [0, 0.05) is 12.1 Å². The lowest BCUT2D eigenvalue weighted by molar-refractivity contribution is 0.0598. The van der Waals surface area contributed by atoms with Crippen LogP contribution in [0.3, 0.4) is 0 Å². The lowest BCUT2D eigenvalue weighted by atomic mass is 9.56. The molecule has 1 aromatic carbocycles. The van der Waals surface area contributed by atoms with Gasteiger partial charge in [-0.3, -0.25) is 0 Å². The Morgan fingerprint density at radius 1 is 1.15 bits per heavy atom. The molecule has 0 bridgehead atoms. The second-order valence-electron chi connectivity index (χ2n) is 9.27. The van der Waals surface area contributed by atoms with Gasteiger partial charge in [-0.15, -0.1) is 0 Å². The maximum Gasteiger partial charge on any atom is 0.119 e. The molecule has 0 radical (unpaired) electrons. The summed E-state index contributed by atoms with van der Waals surface area (Å²) in [7, 11) is 1.78. The van der Waals surface area contributed by atoms with Gasteiger partial charge in [0.25, 0.3) is 0 Å². The highest BCUT2D eigenvalue weighted by Crippen LogP contribution is 2.61. The highest BCUT2D eigenvalue weighted by Gasteiger charge is 2.53. The van der Waals surface area contributed by atoms with Crippen molar-refractivity contribution in [1.29, 1.82) is 0 Å². The van der Waals surface area contributed by atoms with E-state index in [-0.39, 0.29) is 0 Å². The summed E-state index contributed by atoms with van der Waals surface area (Å²) in [4.78, 5) is 0. The Hall–Kier alpha value is -1.54. The fourth-order valence-corrected chi connectivity index (χ4v) is 6.69. The Balaban J connectivity index is 1.37. The van der Waals surface area contributed by atoms with Crippen molar-refractivity contribution in [3.05, 3.63) is 53.6 Å². The standard InChI is InChI=1S/C24H31NO/c1-24-12-11-21-20-10-8-19(26-2)13-16(20)7-9-22(21)23(24)14-18(15-24)25-17-5-3-4-6-17/h3-6,8,10,13,17-18,21-23,25H,7,9,11-12,14-15H2,1-2H3/t18-,21?,22?,23?,24-/m1/s1. The van der Waals surface area contributed by atoms with E-state index in [9.17, 15) is 0 Å². The largest absolute Gasteiger partial charge is 0.497 e. The summed E-state index contributed by atoms with van der Waals surface area (Å²) in [5, 5.41) is 3.90. The van der Waals surface area contributed by atoms with Gasteiger partial charge in [0.1, 0.15) is 5.75 Å². The first kappa shape index (κ1) is 16.6. The topological polar surface area (TPSA) is 21.3 Å².